The number of fused-ring (bicyclic) bond motifs is 1. The fraction of sp³-hybridized carbons (Fsp3) is 0.444. The zero-order valence-electron chi connectivity index (χ0n) is 20.3. The summed E-state index contributed by atoms with van der Waals surface area (Å²) in [5.41, 5.74) is 2.09. The number of carbonyl (C=O) groups excluding carboxylic acids is 1. The molecule has 0 saturated carbocycles. The van der Waals surface area contributed by atoms with Crippen molar-refractivity contribution in [2.75, 3.05) is 44.2 Å². The average molecular weight is 495 g/mol. The minimum Gasteiger partial charge on any atom is -0.368 e. The van der Waals surface area contributed by atoms with Gasteiger partial charge in [-0.1, -0.05) is 31.5 Å². The molecule has 2 aliphatic heterocycles. The molecule has 0 radical (unpaired) electrons. The van der Waals surface area contributed by atoms with Crippen LogP contribution in [0.5, 0.6) is 0 Å². The smallest absolute Gasteiger partial charge is 0.245 e. The van der Waals surface area contributed by atoms with Gasteiger partial charge in [-0.2, -0.15) is 4.31 Å². The topological polar surface area (TPSA) is 65.9 Å². The van der Waals surface area contributed by atoms with Crippen LogP contribution in [0, 0.1) is 0 Å². The van der Waals surface area contributed by atoms with E-state index in [1.54, 1.807) is 16.4 Å². The number of piperidine rings is 1. The Balaban J connectivity index is 1.33. The standard InChI is InChI=1S/C27H34N4O3S/c1-2-25(27(32)29-19-17-28(18-20-29)23-9-5-3-6-10-23)31-16-13-22-21-24(11-12-26(22)31)35(33,34)30-14-7-4-8-15-30/h3,5-6,9-13,16,21,25H,2,4,7-8,14-15,17-20H2,1H3. The van der Waals surface area contributed by atoms with E-state index in [1.165, 1.54) is 5.69 Å². The summed E-state index contributed by atoms with van der Waals surface area (Å²) in [6, 6.07) is 17.2. The molecule has 1 aromatic heterocycles. The monoisotopic (exact) mass is 494 g/mol. The summed E-state index contributed by atoms with van der Waals surface area (Å²) >= 11 is 0. The molecule has 2 aliphatic rings. The Hall–Kier alpha value is -2.84. The molecule has 186 valence electrons. The number of aromatic nitrogens is 1. The Morgan fingerprint density at radius 3 is 2.29 bits per heavy atom. The van der Waals surface area contributed by atoms with Crippen LogP contribution in [0.1, 0.15) is 38.6 Å². The van der Waals surface area contributed by atoms with Crippen molar-refractivity contribution in [1.29, 1.82) is 0 Å². The van der Waals surface area contributed by atoms with Crippen LogP contribution in [-0.4, -0.2) is 67.4 Å². The van der Waals surface area contributed by atoms with Gasteiger partial charge < -0.3 is 14.4 Å². The van der Waals surface area contributed by atoms with Crippen molar-refractivity contribution in [1.82, 2.24) is 13.8 Å². The lowest BCUT2D eigenvalue weighted by Gasteiger charge is -2.37. The van der Waals surface area contributed by atoms with Crippen LogP contribution in [0.15, 0.2) is 65.7 Å². The lowest BCUT2D eigenvalue weighted by molar-refractivity contribution is -0.135. The Labute approximate surface area is 208 Å². The Morgan fingerprint density at radius 2 is 1.60 bits per heavy atom. The third-order valence-electron chi connectivity index (χ3n) is 7.36. The quantitative estimate of drug-likeness (QED) is 0.517. The van der Waals surface area contributed by atoms with Crippen molar-refractivity contribution in [3.8, 4) is 0 Å². The lowest BCUT2D eigenvalue weighted by Crippen LogP contribution is -2.50. The summed E-state index contributed by atoms with van der Waals surface area (Å²) in [7, 11) is -3.49. The van der Waals surface area contributed by atoms with Crippen LogP contribution in [0.3, 0.4) is 0 Å². The highest BCUT2D eigenvalue weighted by Crippen LogP contribution is 2.29. The van der Waals surface area contributed by atoms with E-state index in [4.69, 9.17) is 0 Å². The van der Waals surface area contributed by atoms with E-state index in [0.29, 0.717) is 37.5 Å². The van der Waals surface area contributed by atoms with E-state index >= 15 is 0 Å². The minimum absolute atomic E-state index is 0.128. The SMILES string of the molecule is CCC(C(=O)N1CCN(c2ccccc2)CC1)n1ccc2cc(S(=O)(=O)N3CCCCC3)ccc21. The van der Waals surface area contributed by atoms with Gasteiger partial charge in [0.1, 0.15) is 6.04 Å². The molecule has 1 amide bonds. The highest BCUT2D eigenvalue weighted by atomic mass is 32.2. The van der Waals surface area contributed by atoms with E-state index in [0.717, 1.165) is 43.3 Å². The van der Waals surface area contributed by atoms with Gasteiger partial charge in [0.25, 0.3) is 0 Å². The zero-order valence-corrected chi connectivity index (χ0v) is 21.2. The summed E-state index contributed by atoms with van der Waals surface area (Å²) < 4.78 is 29.9. The second-order valence-corrected chi connectivity index (χ2v) is 11.4. The van der Waals surface area contributed by atoms with Gasteiger partial charge in [0.2, 0.25) is 15.9 Å². The fourth-order valence-electron chi connectivity index (χ4n) is 5.35. The Morgan fingerprint density at radius 1 is 0.886 bits per heavy atom. The summed E-state index contributed by atoms with van der Waals surface area (Å²) in [5, 5.41) is 0.850. The van der Waals surface area contributed by atoms with Gasteiger partial charge in [0, 0.05) is 62.1 Å². The maximum absolute atomic E-state index is 13.5. The van der Waals surface area contributed by atoms with Crippen LogP contribution in [0.2, 0.25) is 0 Å². The summed E-state index contributed by atoms with van der Waals surface area (Å²) in [6.07, 6.45) is 5.51. The zero-order chi connectivity index (χ0) is 24.4. The third-order valence-corrected chi connectivity index (χ3v) is 9.26. The van der Waals surface area contributed by atoms with Crippen molar-refractivity contribution in [2.24, 2.45) is 0 Å². The molecular formula is C27H34N4O3S. The number of rotatable bonds is 6. The van der Waals surface area contributed by atoms with Crippen molar-refractivity contribution < 1.29 is 13.2 Å². The van der Waals surface area contributed by atoms with E-state index < -0.39 is 10.0 Å². The number of nitrogens with zero attached hydrogens (tertiary/aromatic N) is 4. The van der Waals surface area contributed by atoms with E-state index in [9.17, 15) is 13.2 Å². The molecule has 7 nitrogen and oxygen atoms in total. The molecule has 0 aliphatic carbocycles. The number of para-hydroxylation sites is 1. The number of carbonyl (C=O) groups is 1. The number of piperazine rings is 1. The lowest BCUT2D eigenvalue weighted by atomic mass is 10.1. The molecule has 2 aromatic carbocycles. The molecule has 35 heavy (non-hydrogen) atoms. The molecule has 8 heteroatoms. The highest BCUT2D eigenvalue weighted by Gasteiger charge is 2.29. The van der Waals surface area contributed by atoms with Crippen molar-refractivity contribution in [3.05, 3.63) is 60.8 Å². The van der Waals surface area contributed by atoms with Gasteiger partial charge in [-0.15, -0.1) is 0 Å². The summed E-state index contributed by atoms with van der Waals surface area (Å²) in [6.45, 7) is 6.23. The molecule has 5 rings (SSSR count). The number of hydrogen-bond acceptors (Lipinski definition) is 4. The molecule has 0 spiro atoms. The third kappa shape index (κ3) is 4.69. The molecule has 3 aromatic rings. The molecule has 2 fully saturated rings. The van der Waals surface area contributed by atoms with Gasteiger partial charge in [-0.3, -0.25) is 4.79 Å². The number of benzene rings is 2. The molecule has 2 saturated heterocycles. The molecule has 0 N–H and O–H groups in total. The van der Waals surface area contributed by atoms with Gasteiger partial charge in [-0.05, 0) is 55.7 Å². The average Bonchev–Trinajstić information content (AvgIpc) is 3.33. The molecular weight excluding hydrogens is 460 g/mol. The number of amides is 1. The maximum Gasteiger partial charge on any atom is 0.245 e. The Kier molecular flexibility index (Phi) is 6.84. The Bertz CT molecular complexity index is 1270. The van der Waals surface area contributed by atoms with Crippen molar-refractivity contribution in [3.63, 3.8) is 0 Å². The van der Waals surface area contributed by atoms with Crippen LogP contribution >= 0.6 is 0 Å². The first-order valence-corrected chi connectivity index (χ1v) is 14.1. The predicted octanol–water partition coefficient (Wildman–Crippen LogP) is 4.12. The van der Waals surface area contributed by atoms with Crippen LogP contribution in [-0.2, 0) is 14.8 Å². The minimum atomic E-state index is -3.49. The van der Waals surface area contributed by atoms with Crippen molar-refractivity contribution in [2.45, 2.75) is 43.5 Å². The van der Waals surface area contributed by atoms with Gasteiger partial charge in [0.05, 0.1) is 4.90 Å². The molecule has 1 unspecified atom stereocenters. The second-order valence-electron chi connectivity index (χ2n) is 9.48. The number of hydrogen-bond donors (Lipinski definition) is 0. The normalized spacial score (nSPS) is 18.7. The largest absolute Gasteiger partial charge is 0.368 e. The molecule has 1 atom stereocenters. The molecule has 0 bridgehead atoms. The van der Waals surface area contributed by atoms with Gasteiger partial charge >= 0.3 is 0 Å². The second kappa shape index (κ2) is 10.0. The highest BCUT2D eigenvalue weighted by molar-refractivity contribution is 7.89. The van der Waals surface area contributed by atoms with Gasteiger partial charge in [0.15, 0.2) is 0 Å². The van der Waals surface area contributed by atoms with E-state index in [-0.39, 0.29) is 11.9 Å². The van der Waals surface area contributed by atoms with Crippen LogP contribution in [0.4, 0.5) is 5.69 Å². The fourth-order valence-corrected chi connectivity index (χ4v) is 6.91. The van der Waals surface area contributed by atoms with Gasteiger partial charge in [-0.25, -0.2) is 8.42 Å². The first kappa shape index (κ1) is 23.9. The molecule has 3 heterocycles. The summed E-state index contributed by atoms with van der Waals surface area (Å²) in [4.78, 5) is 18.2. The first-order valence-electron chi connectivity index (χ1n) is 12.7. The number of sulfonamides is 1. The van der Waals surface area contributed by atoms with E-state index in [2.05, 4.69) is 17.0 Å². The van der Waals surface area contributed by atoms with Crippen LogP contribution < -0.4 is 4.90 Å². The number of anilines is 1. The maximum atomic E-state index is 13.5. The summed E-state index contributed by atoms with van der Waals surface area (Å²) in [5.74, 6) is 0.128. The van der Waals surface area contributed by atoms with Crippen LogP contribution in [0.25, 0.3) is 10.9 Å². The first-order chi connectivity index (χ1) is 17.0. The predicted molar refractivity (Wildman–Crippen MR) is 139 cm³/mol. The van der Waals surface area contributed by atoms with E-state index in [1.807, 2.05) is 52.9 Å². The van der Waals surface area contributed by atoms with Crippen molar-refractivity contribution >= 4 is 32.5 Å².